The lowest BCUT2D eigenvalue weighted by atomic mass is 10.1. The van der Waals surface area contributed by atoms with Gasteiger partial charge >= 0.3 is 5.97 Å². The number of carbonyl (C=O) groups is 1. The second-order valence-corrected chi connectivity index (χ2v) is 4.70. The Labute approximate surface area is 118 Å². The quantitative estimate of drug-likeness (QED) is 0.751. The smallest absolute Gasteiger partial charge is 0.336 e. The van der Waals surface area contributed by atoms with E-state index >= 15 is 0 Å². The van der Waals surface area contributed by atoms with Gasteiger partial charge in [0, 0.05) is 16.0 Å². The van der Waals surface area contributed by atoms with E-state index < -0.39 is 11.8 Å². The first-order valence-electron chi connectivity index (χ1n) is 5.77. The van der Waals surface area contributed by atoms with E-state index in [1.165, 1.54) is 24.3 Å². The fraction of sp³-hybridized carbons (Fsp3) is 0. The van der Waals surface area contributed by atoms with Crippen LogP contribution in [0.5, 0.6) is 0 Å². The van der Waals surface area contributed by atoms with E-state index in [9.17, 15) is 14.3 Å². The predicted molar refractivity (Wildman–Crippen MR) is 73.6 cm³/mol. The van der Waals surface area contributed by atoms with Crippen molar-refractivity contribution in [2.75, 3.05) is 0 Å². The van der Waals surface area contributed by atoms with Crippen molar-refractivity contribution in [3.8, 4) is 11.3 Å². The second-order valence-electron chi connectivity index (χ2n) is 4.26. The molecule has 0 fully saturated rings. The maximum Gasteiger partial charge on any atom is 0.336 e. The number of rotatable bonds is 2. The summed E-state index contributed by atoms with van der Waals surface area (Å²) in [7, 11) is 0. The Morgan fingerprint density at radius 3 is 2.70 bits per heavy atom. The van der Waals surface area contributed by atoms with Crippen LogP contribution in [0.4, 0.5) is 4.39 Å². The second kappa shape index (κ2) is 4.65. The normalized spacial score (nSPS) is 10.9. The van der Waals surface area contributed by atoms with Crippen molar-refractivity contribution in [2.45, 2.75) is 0 Å². The molecule has 3 rings (SSSR count). The molecule has 2 aromatic carbocycles. The van der Waals surface area contributed by atoms with Crippen molar-refractivity contribution in [3.05, 3.63) is 58.9 Å². The van der Waals surface area contributed by atoms with Crippen LogP contribution in [0.15, 0.2) is 46.9 Å². The maximum absolute atomic E-state index is 13.6. The van der Waals surface area contributed by atoms with Gasteiger partial charge in [0.15, 0.2) is 11.4 Å². The molecule has 0 unspecified atom stereocenters. The molecule has 1 N–H and O–H groups in total. The van der Waals surface area contributed by atoms with Crippen LogP contribution in [-0.4, -0.2) is 11.1 Å². The van der Waals surface area contributed by atoms with Gasteiger partial charge in [-0.25, -0.2) is 9.18 Å². The molecular weight excluding hydrogens is 283 g/mol. The maximum atomic E-state index is 13.6. The van der Waals surface area contributed by atoms with Gasteiger partial charge in [0.25, 0.3) is 0 Å². The zero-order chi connectivity index (χ0) is 14.3. The molecular formula is C15H8ClFO3. The lowest BCUT2D eigenvalue weighted by molar-refractivity contribution is 0.0697. The van der Waals surface area contributed by atoms with E-state index in [4.69, 9.17) is 16.0 Å². The number of hydrogen-bond acceptors (Lipinski definition) is 2. The lowest BCUT2D eigenvalue weighted by Crippen LogP contribution is -1.98. The zero-order valence-corrected chi connectivity index (χ0v) is 10.8. The summed E-state index contributed by atoms with van der Waals surface area (Å²) < 4.78 is 19.1. The number of carboxylic acids is 1. The molecule has 0 amide bonds. The van der Waals surface area contributed by atoms with Gasteiger partial charge in [0.05, 0.1) is 5.56 Å². The van der Waals surface area contributed by atoms with Gasteiger partial charge in [-0.2, -0.15) is 0 Å². The first-order valence-corrected chi connectivity index (χ1v) is 6.15. The SMILES string of the molecule is O=C(O)c1ccc(Cl)cc1-c1cc2cccc(F)c2o1. The molecule has 1 aromatic heterocycles. The first-order chi connectivity index (χ1) is 9.56. The summed E-state index contributed by atoms with van der Waals surface area (Å²) in [6.07, 6.45) is 0. The summed E-state index contributed by atoms with van der Waals surface area (Å²) in [4.78, 5) is 11.2. The number of furan rings is 1. The Morgan fingerprint density at radius 1 is 1.20 bits per heavy atom. The van der Waals surface area contributed by atoms with Crippen molar-refractivity contribution in [2.24, 2.45) is 0 Å². The van der Waals surface area contributed by atoms with E-state index in [0.29, 0.717) is 16.0 Å². The molecule has 0 radical (unpaired) electrons. The monoisotopic (exact) mass is 290 g/mol. The van der Waals surface area contributed by atoms with Gasteiger partial charge in [-0.15, -0.1) is 0 Å². The topological polar surface area (TPSA) is 50.4 Å². The third kappa shape index (κ3) is 2.04. The highest BCUT2D eigenvalue weighted by Gasteiger charge is 2.17. The van der Waals surface area contributed by atoms with Crippen LogP contribution in [0.3, 0.4) is 0 Å². The molecule has 1 heterocycles. The van der Waals surface area contributed by atoms with Crippen LogP contribution in [-0.2, 0) is 0 Å². The first kappa shape index (κ1) is 12.7. The average Bonchev–Trinajstić information content (AvgIpc) is 2.83. The molecule has 0 spiro atoms. The van der Waals surface area contributed by atoms with Crippen molar-refractivity contribution in [3.63, 3.8) is 0 Å². The van der Waals surface area contributed by atoms with Gasteiger partial charge in [0.1, 0.15) is 5.76 Å². The Kier molecular flexibility index (Phi) is 2.95. The highest BCUT2D eigenvalue weighted by atomic mass is 35.5. The minimum absolute atomic E-state index is 0.0499. The highest BCUT2D eigenvalue weighted by Crippen LogP contribution is 2.33. The molecule has 0 aliphatic rings. The fourth-order valence-corrected chi connectivity index (χ4v) is 2.24. The minimum Gasteiger partial charge on any atom is -0.478 e. The standard InChI is InChI=1S/C15H8ClFO3/c16-9-4-5-10(15(18)19)11(7-9)13-6-8-2-1-3-12(17)14(8)20-13/h1-7H,(H,18,19). The molecule has 100 valence electrons. The molecule has 20 heavy (non-hydrogen) atoms. The zero-order valence-electron chi connectivity index (χ0n) is 10.1. The van der Waals surface area contributed by atoms with Crippen LogP contribution in [0.25, 0.3) is 22.3 Å². The number of benzene rings is 2. The van der Waals surface area contributed by atoms with E-state index in [0.717, 1.165) is 0 Å². The van der Waals surface area contributed by atoms with Crippen LogP contribution in [0, 0.1) is 5.82 Å². The minimum atomic E-state index is -1.10. The molecule has 3 aromatic rings. The highest BCUT2D eigenvalue weighted by molar-refractivity contribution is 6.31. The molecule has 0 aliphatic heterocycles. The summed E-state index contributed by atoms with van der Waals surface area (Å²) >= 11 is 5.89. The number of carboxylic acid groups (broad SMARTS) is 1. The van der Waals surface area contributed by atoms with Gasteiger partial charge in [-0.1, -0.05) is 23.7 Å². The van der Waals surface area contributed by atoms with E-state index in [-0.39, 0.29) is 16.9 Å². The molecule has 0 saturated heterocycles. The van der Waals surface area contributed by atoms with Crippen molar-refractivity contribution < 1.29 is 18.7 Å². The third-order valence-corrected chi connectivity index (χ3v) is 3.21. The van der Waals surface area contributed by atoms with Gasteiger partial charge < -0.3 is 9.52 Å². The van der Waals surface area contributed by atoms with Crippen molar-refractivity contribution in [1.29, 1.82) is 0 Å². The molecule has 5 heteroatoms. The molecule has 0 aliphatic carbocycles. The molecule has 0 bridgehead atoms. The number of para-hydroxylation sites is 1. The third-order valence-electron chi connectivity index (χ3n) is 2.97. The Balaban J connectivity index is 2.27. The number of fused-ring (bicyclic) bond motifs is 1. The van der Waals surface area contributed by atoms with E-state index in [1.807, 2.05) is 0 Å². The number of halogens is 2. The van der Waals surface area contributed by atoms with E-state index in [2.05, 4.69) is 0 Å². The fourth-order valence-electron chi connectivity index (χ4n) is 2.07. The Morgan fingerprint density at radius 2 is 2.00 bits per heavy atom. The molecule has 3 nitrogen and oxygen atoms in total. The largest absolute Gasteiger partial charge is 0.478 e. The Hall–Kier alpha value is -2.33. The van der Waals surface area contributed by atoms with Crippen LogP contribution >= 0.6 is 11.6 Å². The predicted octanol–water partition coefficient (Wildman–Crippen LogP) is 4.59. The summed E-state index contributed by atoms with van der Waals surface area (Å²) in [5.41, 5.74) is 0.466. The summed E-state index contributed by atoms with van der Waals surface area (Å²) in [6.45, 7) is 0. The molecule has 0 atom stereocenters. The van der Waals surface area contributed by atoms with Gasteiger partial charge in [0.2, 0.25) is 0 Å². The van der Waals surface area contributed by atoms with Crippen molar-refractivity contribution in [1.82, 2.24) is 0 Å². The summed E-state index contributed by atoms with van der Waals surface area (Å²) in [5.74, 6) is -1.32. The van der Waals surface area contributed by atoms with Crippen molar-refractivity contribution >= 4 is 28.5 Å². The Bertz CT molecular complexity index is 823. The average molecular weight is 291 g/mol. The van der Waals surface area contributed by atoms with Crippen LogP contribution in [0.2, 0.25) is 5.02 Å². The van der Waals surface area contributed by atoms with Gasteiger partial charge in [-0.05, 0) is 30.3 Å². The summed E-state index contributed by atoms with van der Waals surface area (Å²) in [5, 5.41) is 10.1. The van der Waals surface area contributed by atoms with Crippen LogP contribution in [0.1, 0.15) is 10.4 Å². The molecule has 0 saturated carbocycles. The van der Waals surface area contributed by atoms with Crippen LogP contribution < -0.4 is 0 Å². The van der Waals surface area contributed by atoms with E-state index in [1.54, 1.807) is 18.2 Å². The van der Waals surface area contributed by atoms with Gasteiger partial charge in [-0.3, -0.25) is 0 Å². The lowest BCUT2D eigenvalue weighted by Gasteiger charge is -2.03. The summed E-state index contributed by atoms with van der Waals surface area (Å²) in [6, 6.07) is 10.5. The number of aromatic carboxylic acids is 1. The number of hydrogen-bond donors (Lipinski definition) is 1.